The third-order valence-corrected chi connectivity index (χ3v) is 11.3. The van der Waals surface area contributed by atoms with Crippen molar-refractivity contribution in [1.29, 1.82) is 0 Å². The lowest BCUT2D eigenvalue weighted by atomic mass is 10.00. The van der Waals surface area contributed by atoms with Crippen molar-refractivity contribution in [1.82, 2.24) is 40.4 Å². The lowest BCUT2D eigenvalue weighted by Crippen LogP contribution is -2.60. The number of carbonyl (C=O) groups is 8. The van der Waals surface area contributed by atoms with Crippen LogP contribution in [0, 0.1) is 5.92 Å². The fourth-order valence-electron chi connectivity index (χ4n) is 7.46. The summed E-state index contributed by atoms with van der Waals surface area (Å²) in [6, 6.07) is 2.58. The number of hydrogen-bond donors (Lipinski definition) is 4. The summed E-state index contributed by atoms with van der Waals surface area (Å²) < 4.78 is 6.00. The number of nitrogens with one attached hydrogen (secondary N) is 3. The number of likely N-dealkylation sites (tertiary alicyclic amines) is 1. The Balaban J connectivity index is 2.11. The highest BCUT2D eigenvalue weighted by molar-refractivity contribution is 5.97. The fraction of sp³-hybridized carbons (Fsp3) is 0.689. The van der Waals surface area contributed by atoms with Gasteiger partial charge in [-0.25, -0.2) is 0 Å². The zero-order valence-electron chi connectivity index (χ0n) is 39.0. The van der Waals surface area contributed by atoms with E-state index in [2.05, 4.69) is 16.0 Å². The van der Waals surface area contributed by atoms with E-state index in [0.29, 0.717) is 18.7 Å². The zero-order chi connectivity index (χ0) is 47.2. The van der Waals surface area contributed by atoms with E-state index in [0.717, 1.165) is 19.3 Å². The lowest BCUT2D eigenvalue weighted by molar-refractivity contribution is -0.150. The number of aliphatic hydroxyl groups excluding tert-OH is 1. The van der Waals surface area contributed by atoms with Crippen LogP contribution in [0.4, 0.5) is 0 Å². The molecule has 0 spiro atoms. The fourth-order valence-corrected chi connectivity index (χ4v) is 7.46. The monoisotopic (exact) mass is 885 g/mol. The van der Waals surface area contributed by atoms with Crippen LogP contribution in [-0.4, -0.2) is 180 Å². The van der Waals surface area contributed by atoms with Crippen LogP contribution in [0.2, 0.25) is 0 Å². The van der Waals surface area contributed by atoms with Crippen molar-refractivity contribution < 1.29 is 48.2 Å². The van der Waals surface area contributed by atoms with Crippen molar-refractivity contribution in [3.8, 4) is 0 Å². The van der Waals surface area contributed by atoms with E-state index in [4.69, 9.17) is 4.74 Å². The van der Waals surface area contributed by atoms with E-state index >= 15 is 0 Å². The Bertz CT molecular complexity index is 1750. The van der Waals surface area contributed by atoms with Gasteiger partial charge in [0.2, 0.25) is 47.3 Å². The Kier molecular flexibility index (Phi) is 20.0. The molecule has 0 radical (unpaired) electrons. The molecular weight excluding hydrogens is 813 g/mol. The summed E-state index contributed by atoms with van der Waals surface area (Å²) in [5.41, 5.74) is -0.0486. The third kappa shape index (κ3) is 16.2. The molecule has 3 rings (SSSR count). The van der Waals surface area contributed by atoms with E-state index < -0.39 is 102 Å². The van der Waals surface area contributed by atoms with E-state index in [9.17, 15) is 43.5 Å². The number of benzene rings is 1. The maximum absolute atomic E-state index is 14.5. The van der Waals surface area contributed by atoms with Crippen molar-refractivity contribution in [2.24, 2.45) is 5.92 Å². The topological polar surface area (TPSA) is 218 Å². The van der Waals surface area contributed by atoms with Gasteiger partial charge in [0.25, 0.3) is 0 Å². The van der Waals surface area contributed by atoms with E-state index in [1.54, 1.807) is 56.0 Å². The number of carbonyl (C=O) groups excluding carboxylic acids is 8. The summed E-state index contributed by atoms with van der Waals surface area (Å²) in [4.78, 5) is 118. The lowest BCUT2D eigenvalue weighted by Gasteiger charge is -2.35. The van der Waals surface area contributed by atoms with Gasteiger partial charge in [0.1, 0.15) is 30.2 Å². The molecule has 4 N–H and O–H groups in total. The summed E-state index contributed by atoms with van der Waals surface area (Å²) in [5, 5.41) is 18.8. The van der Waals surface area contributed by atoms with Crippen molar-refractivity contribution in [3.05, 3.63) is 35.9 Å². The molecule has 6 atom stereocenters. The molecule has 0 bridgehead atoms. The maximum atomic E-state index is 14.5. The van der Waals surface area contributed by atoms with Crippen molar-refractivity contribution in [2.45, 2.75) is 135 Å². The largest absolute Gasteiger partial charge is 0.391 e. The quantitative estimate of drug-likeness (QED) is 0.287. The van der Waals surface area contributed by atoms with Gasteiger partial charge in [0.15, 0.2) is 0 Å². The molecule has 1 aromatic carbocycles. The Morgan fingerprint density at radius 3 is 1.98 bits per heavy atom. The number of aliphatic hydroxyl groups is 1. The number of likely N-dealkylation sites (N-methyl/N-ethyl adjacent to an activating group) is 3. The van der Waals surface area contributed by atoms with Gasteiger partial charge < -0.3 is 50.3 Å². The molecule has 8 amide bonds. The number of piperidine rings is 1. The van der Waals surface area contributed by atoms with Crippen LogP contribution in [0.15, 0.2) is 30.3 Å². The summed E-state index contributed by atoms with van der Waals surface area (Å²) in [6.45, 7) is 10.6. The second-order valence-electron chi connectivity index (χ2n) is 18.3. The van der Waals surface area contributed by atoms with E-state index in [-0.39, 0.29) is 44.8 Å². The highest BCUT2D eigenvalue weighted by atomic mass is 16.5. The molecule has 0 aromatic heterocycles. The second-order valence-corrected chi connectivity index (χ2v) is 18.3. The van der Waals surface area contributed by atoms with Gasteiger partial charge in [-0.2, -0.15) is 0 Å². The van der Waals surface area contributed by atoms with Crippen molar-refractivity contribution in [3.63, 3.8) is 0 Å². The maximum Gasteiger partial charge on any atom is 0.248 e. The van der Waals surface area contributed by atoms with Crippen LogP contribution < -0.4 is 16.0 Å². The molecule has 352 valence electrons. The average Bonchev–Trinajstić information content (AvgIpc) is 3.23. The molecule has 2 aliphatic heterocycles. The Morgan fingerprint density at radius 2 is 1.40 bits per heavy atom. The molecule has 63 heavy (non-hydrogen) atoms. The average molecular weight is 885 g/mol. The highest BCUT2D eigenvalue weighted by Gasteiger charge is 2.39. The van der Waals surface area contributed by atoms with Gasteiger partial charge in [0, 0.05) is 60.7 Å². The SMILES string of the molecule is CC(C)C[C@H]1C(=O)N(C)CC(=O)N(C)[C@@H](Cc2ccccc2)C(=O)N[C@@H](COC(C)(C)C)C(=O)N[C@H](C(=O)N2CCCCC2)CC(=O)N(C)CCCC(=O)N[C@@H]([C@@H](C)O)C(=O)N1C. The van der Waals surface area contributed by atoms with Crippen LogP contribution in [0.25, 0.3) is 0 Å². The zero-order valence-corrected chi connectivity index (χ0v) is 39.0. The molecule has 18 nitrogen and oxygen atoms in total. The predicted octanol–water partition coefficient (Wildman–Crippen LogP) is 0.693. The molecule has 1 aromatic rings. The first-order chi connectivity index (χ1) is 29.5. The second kappa shape index (κ2) is 24.1. The Hall–Kier alpha value is -5.10. The smallest absolute Gasteiger partial charge is 0.248 e. The summed E-state index contributed by atoms with van der Waals surface area (Å²) in [5.74, 6) is -4.99. The minimum absolute atomic E-state index is 0.0254. The minimum atomic E-state index is -1.41. The number of nitrogens with zero attached hydrogens (tertiary/aromatic N) is 5. The molecular formula is C45H72N8O10. The van der Waals surface area contributed by atoms with Crippen LogP contribution in [0.5, 0.6) is 0 Å². The number of rotatable bonds is 8. The van der Waals surface area contributed by atoms with Gasteiger partial charge in [0.05, 0.1) is 31.3 Å². The number of ether oxygens (including phenoxy) is 1. The first kappa shape index (κ1) is 52.2. The summed E-state index contributed by atoms with van der Waals surface area (Å²) in [7, 11) is 5.75. The standard InChI is InChI=1S/C45H72N8O10/c1-29(2)24-35-43(61)50(8)27-38(57)51(9)34(25-31-18-13-11-14-19-31)41(59)47-33(28-63-45(4,5)6)40(58)46-32(42(60)53-22-15-12-16-23-53)26-37(56)49(7)21-17-20-36(55)48-39(30(3)54)44(62)52(35)10/h11,13-14,18-19,29-30,32-35,39,54H,12,15-17,20-28H2,1-10H3,(H,46,58)(H,47,59)(H,48,55)/t30-,32+,33+,34+,35+,39+/m1/s1. The molecule has 2 fully saturated rings. The molecule has 2 saturated heterocycles. The molecule has 2 aliphatic rings. The molecule has 0 saturated carbocycles. The Labute approximate surface area is 372 Å². The minimum Gasteiger partial charge on any atom is -0.391 e. The van der Waals surface area contributed by atoms with E-state index in [1.165, 1.54) is 54.7 Å². The summed E-state index contributed by atoms with van der Waals surface area (Å²) in [6.07, 6.45) is 0.954. The number of hydrogen-bond acceptors (Lipinski definition) is 10. The molecule has 0 aliphatic carbocycles. The van der Waals surface area contributed by atoms with Gasteiger partial charge in [-0.1, -0.05) is 44.2 Å². The van der Waals surface area contributed by atoms with E-state index in [1.807, 2.05) is 13.8 Å². The van der Waals surface area contributed by atoms with Gasteiger partial charge in [-0.3, -0.25) is 38.4 Å². The molecule has 0 unspecified atom stereocenters. The van der Waals surface area contributed by atoms with Crippen LogP contribution in [0.1, 0.15) is 92.1 Å². The Morgan fingerprint density at radius 1 is 0.762 bits per heavy atom. The molecule has 2 heterocycles. The molecule has 18 heteroatoms. The van der Waals surface area contributed by atoms with Crippen LogP contribution in [-0.2, 0) is 49.5 Å². The first-order valence-electron chi connectivity index (χ1n) is 22.1. The van der Waals surface area contributed by atoms with Gasteiger partial charge in [-0.15, -0.1) is 0 Å². The number of amides is 8. The predicted molar refractivity (Wildman–Crippen MR) is 235 cm³/mol. The van der Waals surface area contributed by atoms with Crippen molar-refractivity contribution in [2.75, 3.05) is 61.0 Å². The van der Waals surface area contributed by atoms with Gasteiger partial charge >= 0.3 is 0 Å². The summed E-state index contributed by atoms with van der Waals surface area (Å²) >= 11 is 0. The third-order valence-electron chi connectivity index (χ3n) is 11.3. The normalized spacial score (nSPS) is 24.8. The first-order valence-corrected chi connectivity index (χ1v) is 22.1. The highest BCUT2D eigenvalue weighted by Crippen LogP contribution is 2.18. The van der Waals surface area contributed by atoms with Crippen LogP contribution in [0.3, 0.4) is 0 Å². The van der Waals surface area contributed by atoms with Gasteiger partial charge in [-0.05, 0) is 71.3 Å². The van der Waals surface area contributed by atoms with Crippen LogP contribution >= 0.6 is 0 Å². The van der Waals surface area contributed by atoms with Crippen molar-refractivity contribution >= 4 is 47.3 Å².